The summed E-state index contributed by atoms with van der Waals surface area (Å²) in [5.74, 6) is -0.200. The van der Waals surface area contributed by atoms with E-state index in [1.54, 1.807) is 17.4 Å². The standard InChI is InChI=1S/C11H13FN2S/c1-3-13-7(2)11-14-9-5-4-8(12)6-10(9)15-11/h4-7,13H,3H2,1-2H3. The van der Waals surface area contributed by atoms with E-state index in [9.17, 15) is 4.39 Å². The van der Waals surface area contributed by atoms with E-state index >= 15 is 0 Å². The van der Waals surface area contributed by atoms with Crippen LogP contribution in [0.5, 0.6) is 0 Å². The summed E-state index contributed by atoms with van der Waals surface area (Å²) >= 11 is 1.55. The molecule has 4 heteroatoms. The van der Waals surface area contributed by atoms with Gasteiger partial charge in [-0.25, -0.2) is 9.37 Å². The van der Waals surface area contributed by atoms with Crippen molar-refractivity contribution in [3.63, 3.8) is 0 Å². The van der Waals surface area contributed by atoms with Crippen LogP contribution in [0.2, 0.25) is 0 Å². The second-order valence-electron chi connectivity index (χ2n) is 3.44. The summed E-state index contributed by atoms with van der Waals surface area (Å²) in [5, 5.41) is 4.30. The number of aromatic nitrogens is 1. The van der Waals surface area contributed by atoms with Crippen LogP contribution < -0.4 is 5.32 Å². The van der Waals surface area contributed by atoms with Crippen molar-refractivity contribution in [2.45, 2.75) is 19.9 Å². The van der Waals surface area contributed by atoms with E-state index in [2.05, 4.69) is 24.1 Å². The third-order valence-electron chi connectivity index (χ3n) is 2.25. The molecule has 2 rings (SSSR count). The average molecular weight is 224 g/mol. The summed E-state index contributed by atoms with van der Waals surface area (Å²) in [6.45, 7) is 5.03. The van der Waals surface area contributed by atoms with Crippen LogP contribution in [0.25, 0.3) is 10.2 Å². The van der Waals surface area contributed by atoms with Crippen molar-refractivity contribution in [2.24, 2.45) is 0 Å². The Labute approximate surface area is 92.1 Å². The van der Waals surface area contributed by atoms with Crippen LogP contribution in [-0.4, -0.2) is 11.5 Å². The van der Waals surface area contributed by atoms with Crippen molar-refractivity contribution < 1.29 is 4.39 Å². The largest absolute Gasteiger partial charge is 0.308 e. The quantitative estimate of drug-likeness (QED) is 0.866. The van der Waals surface area contributed by atoms with Crippen LogP contribution in [-0.2, 0) is 0 Å². The molecule has 0 amide bonds. The van der Waals surface area contributed by atoms with E-state index in [0.717, 1.165) is 21.8 Å². The second-order valence-corrected chi connectivity index (χ2v) is 4.51. The van der Waals surface area contributed by atoms with E-state index < -0.39 is 0 Å². The minimum absolute atomic E-state index is 0.200. The maximum atomic E-state index is 13.0. The highest BCUT2D eigenvalue weighted by Crippen LogP contribution is 2.26. The minimum Gasteiger partial charge on any atom is -0.308 e. The summed E-state index contributed by atoms with van der Waals surface area (Å²) in [5.41, 5.74) is 0.876. The van der Waals surface area contributed by atoms with Crippen molar-refractivity contribution in [1.29, 1.82) is 0 Å². The molecule has 0 saturated heterocycles. The Balaban J connectivity index is 2.38. The van der Waals surface area contributed by atoms with Gasteiger partial charge >= 0.3 is 0 Å². The number of hydrogen-bond donors (Lipinski definition) is 1. The average Bonchev–Trinajstić information content (AvgIpc) is 2.60. The van der Waals surface area contributed by atoms with Gasteiger partial charge in [-0.05, 0) is 31.7 Å². The zero-order valence-electron chi connectivity index (χ0n) is 8.75. The van der Waals surface area contributed by atoms with E-state index in [1.165, 1.54) is 12.1 Å². The Morgan fingerprint density at radius 2 is 2.33 bits per heavy atom. The predicted molar refractivity (Wildman–Crippen MR) is 61.7 cm³/mol. The summed E-state index contributed by atoms with van der Waals surface area (Å²) in [4.78, 5) is 4.46. The number of rotatable bonds is 3. The van der Waals surface area contributed by atoms with Crippen LogP contribution in [0.3, 0.4) is 0 Å². The molecule has 0 spiro atoms. The lowest BCUT2D eigenvalue weighted by Gasteiger charge is -2.07. The Kier molecular flexibility index (Phi) is 2.98. The van der Waals surface area contributed by atoms with E-state index in [1.807, 2.05) is 0 Å². The Bertz CT molecular complexity index is 467. The number of hydrogen-bond acceptors (Lipinski definition) is 3. The first-order valence-corrected chi connectivity index (χ1v) is 5.81. The van der Waals surface area contributed by atoms with Gasteiger partial charge in [0, 0.05) is 0 Å². The van der Waals surface area contributed by atoms with Crippen LogP contribution in [0.1, 0.15) is 24.9 Å². The lowest BCUT2D eigenvalue weighted by atomic mass is 10.3. The molecule has 1 heterocycles. The molecule has 1 N–H and O–H groups in total. The van der Waals surface area contributed by atoms with Gasteiger partial charge in [0.25, 0.3) is 0 Å². The molecular formula is C11H13FN2S. The highest BCUT2D eigenvalue weighted by Gasteiger charge is 2.10. The number of halogens is 1. The fourth-order valence-corrected chi connectivity index (χ4v) is 2.51. The molecule has 0 aliphatic carbocycles. The summed E-state index contributed by atoms with van der Waals surface area (Å²) in [7, 11) is 0. The highest BCUT2D eigenvalue weighted by molar-refractivity contribution is 7.18. The number of fused-ring (bicyclic) bond motifs is 1. The van der Waals surface area contributed by atoms with Crippen molar-refractivity contribution in [3.8, 4) is 0 Å². The molecule has 1 aromatic heterocycles. The van der Waals surface area contributed by atoms with Gasteiger partial charge in [0.05, 0.1) is 16.3 Å². The van der Waals surface area contributed by atoms with Gasteiger partial charge in [-0.2, -0.15) is 0 Å². The molecule has 0 bridgehead atoms. The molecule has 0 aliphatic rings. The summed E-state index contributed by atoms with van der Waals surface area (Å²) in [6, 6.07) is 4.94. The minimum atomic E-state index is -0.200. The molecule has 15 heavy (non-hydrogen) atoms. The topological polar surface area (TPSA) is 24.9 Å². The van der Waals surface area contributed by atoms with Crippen molar-refractivity contribution in [1.82, 2.24) is 10.3 Å². The van der Waals surface area contributed by atoms with Crippen LogP contribution in [0.15, 0.2) is 18.2 Å². The molecule has 0 radical (unpaired) electrons. The van der Waals surface area contributed by atoms with Crippen LogP contribution in [0.4, 0.5) is 4.39 Å². The molecule has 1 aromatic carbocycles. The smallest absolute Gasteiger partial charge is 0.124 e. The van der Waals surface area contributed by atoms with Gasteiger partial charge in [0.2, 0.25) is 0 Å². The maximum absolute atomic E-state index is 13.0. The van der Waals surface area contributed by atoms with E-state index in [4.69, 9.17) is 0 Å². The molecule has 0 fully saturated rings. The maximum Gasteiger partial charge on any atom is 0.124 e. The first-order valence-electron chi connectivity index (χ1n) is 5.00. The fourth-order valence-electron chi connectivity index (χ4n) is 1.49. The van der Waals surface area contributed by atoms with Crippen LogP contribution >= 0.6 is 11.3 Å². The normalized spacial score (nSPS) is 13.3. The molecule has 2 nitrogen and oxygen atoms in total. The monoisotopic (exact) mass is 224 g/mol. The Morgan fingerprint density at radius 3 is 3.07 bits per heavy atom. The number of benzene rings is 1. The fraction of sp³-hybridized carbons (Fsp3) is 0.364. The molecule has 0 saturated carbocycles. The van der Waals surface area contributed by atoms with Crippen LogP contribution in [0, 0.1) is 5.82 Å². The SMILES string of the molecule is CCNC(C)c1nc2ccc(F)cc2s1. The third-order valence-corrected chi connectivity index (χ3v) is 3.45. The Hall–Kier alpha value is -1.000. The zero-order valence-corrected chi connectivity index (χ0v) is 9.57. The van der Waals surface area contributed by atoms with Gasteiger partial charge in [-0.1, -0.05) is 6.92 Å². The van der Waals surface area contributed by atoms with Gasteiger partial charge in [-0.3, -0.25) is 0 Å². The first kappa shape index (κ1) is 10.5. The molecular weight excluding hydrogens is 211 g/mol. The van der Waals surface area contributed by atoms with Crippen molar-refractivity contribution in [2.75, 3.05) is 6.54 Å². The number of nitrogens with zero attached hydrogens (tertiary/aromatic N) is 1. The van der Waals surface area contributed by atoms with Gasteiger partial charge < -0.3 is 5.32 Å². The van der Waals surface area contributed by atoms with Gasteiger partial charge in [0.15, 0.2) is 0 Å². The molecule has 1 unspecified atom stereocenters. The zero-order chi connectivity index (χ0) is 10.8. The number of nitrogens with one attached hydrogen (secondary N) is 1. The number of thiazole rings is 1. The first-order chi connectivity index (χ1) is 7.20. The molecule has 0 aliphatic heterocycles. The van der Waals surface area contributed by atoms with Gasteiger partial charge in [0.1, 0.15) is 10.8 Å². The van der Waals surface area contributed by atoms with Gasteiger partial charge in [-0.15, -0.1) is 11.3 Å². The summed E-state index contributed by atoms with van der Waals surface area (Å²) in [6.07, 6.45) is 0. The lowest BCUT2D eigenvalue weighted by molar-refractivity contribution is 0.596. The lowest BCUT2D eigenvalue weighted by Crippen LogP contribution is -2.17. The summed E-state index contributed by atoms with van der Waals surface area (Å²) < 4.78 is 13.9. The van der Waals surface area contributed by atoms with Crippen molar-refractivity contribution >= 4 is 21.6 Å². The van der Waals surface area contributed by atoms with E-state index in [-0.39, 0.29) is 11.9 Å². The van der Waals surface area contributed by atoms with E-state index in [0.29, 0.717) is 0 Å². The highest BCUT2D eigenvalue weighted by atomic mass is 32.1. The third kappa shape index (κ3) is 2.16. The molecule has 80 valence electrons. The second kappa shape index (κ2) is 4.24. The molecule has 1 atom stereocenters. The molecule has 2 aromatic rings. The predicted octanol–water partition coefficient (Wildman–Crippen LogP) is 3.11. The van der Waals surface area contributed by atoms with Crippen molar-refractivity contribution in [3.05, 3.63) is 29.0 Å². The Morgan fingerprint density at radius 1 is 1.53 bits per heavy atom.